The Hall–Kier alpha value is -1.93. The first-order chi connectivity index (χ1) is 11.6. The van der Waals surface area contributed by atoms with Crippen LogP contribution in [0.1, 0.15) is 45.2 Å². The molecule has 148 valence electrons. The van der Waals surface area contributed by atoms with Crippen LogP contribution in [0, 0.1) is 0 Å². The fourth-order valence-corrected chi connectivity index (χ4v) is 2.29. The van der Waals surface area contributed by atoms with Crippen LogP contribution in [0.2, 0.25) is 0 Å². The first-order valence-corrected chi connectivity index (χ1v) is 7.79. The molecule has 0 aliphatic carbocycles. The number of ether oxygens (including phenoxy) is 2. The van der Waals surface area contributed by atoms with Gasteiger partial charge in [-0.15, -0.1) is 0 Å². The fourth-order valence-electron chi connectivity index (χ4n) is 2.29. The number of alkyl halides is 6. The van der Waals surface area contributed by atoms with E-state index in [1.165, 1.54) is 26.8 Å². The largest absolute Gasteiger partial charge is 0.510 e. The number of carbonyl (C=O) groups excluding carboxylic acids is 1. The third-order valence-corrected chi connectivity index (χ3v) is 3.30. The molecule has 1 aromatic rings. The fraction of sp³-hybridized carbons (Fsp3) is 0.588. The Morgan fingerprint density at radius 2 is 1.50 bits per heavy atom. The molecule has 0 saturated carbocycles. The molecule has 26 heavy (non-hydrogen) atoms. The van der Waals surface area contributed by atoms with Crippen LogP contribution in [0.3, 0.4) is 0 Å². The summed E-state index contributed by atoms with van der Waals surface area (Å²) in [4.78, 5) is 11.7. The van der Waals surface area contributed by atoms with Crippen LogP contribution in [0.4, 0.5) is 31.1 Å². The van der Waals surface area contributed by atoms with Crippen molar-refractivity contribution in [1.29, 1.82) is 0 Å². The maximum absolute atomic E-state index is 13.6. The van der Waals surface area contributed by atoms with Crippen molar-refractivity contribution < 1.29 is 40.6 Å². The Labute approximate surface area is 147 Å². The molecule has 1 rings (SSSR count). The van der Waals surface area contributed by atoms with Crippen LogP contribution < -0.4 is 0 Å². The quantitative estimate of drug-likeness (QED) is 0.477. The van der Waals surface area contributed by atoms with Crippen molar-refractivity contribution >= 4 is 6.16 Å². The van der Waals surface area contributed by atoms with E-state index in [0.717, 1.165) is 12.1 Å². The zero-order valence-electron chi connectivity index (χ0n) is 14.7. The van der Waals surface area contributed by atoms with Gasteiger partial charge in [-0.3, -0.25) is 0 Å². The summed E-state index contributed by atoms with van der Waals surface area (Å²) in [6, 6.07) is 3.84. The second-order valence-corrected chi connectivity index (χ2v) is 6.69. The van der Waals surface area contributed by atoms with Crippen molar-refractivity contribution in [1.82, 2.24) is 0 Å². The molecule has 0 aliphatic heterocycles. The van der Waals surface area contributed by atoms with E-state index in [-0.39, 0.29) is 12.0 Å². The lowest BCUT2D eigenvalue weighted by Crippen LogP contribution is -2.57. The van der Waals surface area contributed by atoms with Gasteiger partial charge in [0.15, 0.2) is 0 Å². The minimum atomic E-state index is -5.95. The van der Waals surface area contributed by atoms with Gasteiger partial charge in [0, 0.05) is 5.56 Å². The molecule has 0 spiro atoms. The van der Waals surface area contributed by atoms with Crippen molar-refractivity contribution in [2.45, 2.75) is 64.1 Å². The molecule has 0 amide bonds. The molecular formula is C17H20F6O3. The Balaban J connectivity index is 3.56. The van der Waals surface area contributed by atoms with E-state index in [4.69, 9.17) is 0 Å². The molecule has 0 atom stereocenters. The molecule has 0 aromatic heterocycles. The molecule has 0 unspecified atom stereocenters. The van der Waals surface area contributed by atoms with E-state index in [9.17, 15) is 31.1 Å². The standard InChI is InChI=1S/C17H20F6O3/c1-5-7-11-8-6-9-12(10-11)15(16(18,19)20,17(21,22)23)26-13(24)25-14(2,3)4/h6,8-10H,5,7H2,1-4H3. The molecule has 9 heteroatoms. The number of carbonyl (C=O) groups is 1. The smallest absolute Gasteiger partial charge is 0.429 e. The third kappa shape index (κ3) is 4.82. The van der Waals surface area contributed by atoms with Gasteiger partial charge in [-0.25, -0.2) is 4.79 Å². The van der Waals surface area contributed by atoms with Crippen molar-refractivity contribution in [2.24, 2.45) is 0 Å². The SMILES string of the molecule is CCCc1cccc(C(OC(=O)OC(C)(C)C)(C(F)(F)F)C(F)(F)F)c1. The van der Waals surface area contributed by atoms with E-state index in [0.29, 0.717) is 12.5 Å². The van der Waals surface area contributed by atoms with E-state index in [1.54, 1.807) is 6.92 Å². The maximum Gasteiger partial charge on any atom is 0.510 e. The summed E-state index contributed by atoms with van der Waals surface area (Å²) in [7, 11) is 0. The van der Waals surface area contributed by atoms with Crippen molar-refractivity contribution in [3.63, 3.8) is 0 Å². The first-order valence-electron chi connectivity index (χ1n) is 7.79. The van der Waals surface area contributed by atoms with Gasteiger partial charge in [-0.1, -0.05) is 37.6 Å². The van der Waals surface area contributed by atoms with E-state index in [1.807, 2.05) is 0 Å². The topological polar surface area (TPSA) is 35.5 Å². The highest BCUT2D eigenvalue weighted by molar-refractivity contribution is 5.62. The van der Waals surface area contributed by atoms with E-state index in [2.05, 4.69) is 9.47 Å². The summed E-state index contributed by atoms with van der Waals surface area (Å²) >= 11 is 0. The highest BCUT2D eigenvalue weighted by Crippen LogP contribution is 2.53. The van der Waals surface area contributed by atoms with Gasteiger partial charge in [0.1, 0.15) is 5.60 Å². The normalized spacial score (nSPS) is 13.5. The number of benzene rings is 1. The Kier molecular flexibility index (Phi) is 6.26. The summed E-state index contributed by atoms with van der Waals surface area (Å²) in [5.74, 6) is 0. The van der Waals surface area contributed by atoms with Gasteiger partial charge in [-0.05, 0) is 32.8 Å². The summed E-state index contributed by atoms with van der Waals surface area (Å²) in [5.41, 5.74) is -7.12. The summed E-state index contributed by atoms with van der Waals surface area (Å²) < 4.78 is 90.2. The number of aryl methyl sites for hydroxylation is 1. The minimum Gasteiger partial charge on any atom is -0.429 e. The van der Waals surface area contributed by atoms with Crippen LogP contribution in [0.15, 0.2) is 24.3 Å². The van der Waals surface area contributed by atoms with Crippen LogP contribution >= 0.6 is 0 Å². The van der Waals surface area contributed by atoms with E-state index >= 15 is 0 Å². The molecule has 0 saturated heterocycles. The molecule has 0 radical (unpaired) electrons. The maximum atomic E-state index is 13.6. The molecule has 3 nitrogen and oxygen atoms in total. The van der Waals surface area contributed by atoms with Crippen LogP contribution in [0.25, 0.3) is 0 Å². The minimum absolute atomic E-state index is 0.260. The molecule has 0 fully saturated rings. The summed E-state index contributed by atoms with van der Waals surface area (Å²) in [6.45, 7) is 5.60. The first kappa shape index (κ1) is 22.1. The van der Waals surface area contributed by atoms with Gasteiger partial charge in [0.25, 0.3) is 0 Å². The van der Waals surface area contributed by atoms with Crippen molar-refractivity contribution in [3.05, 3.63) is 35.4 Å². The third-order valence-electron chi connectivity index (χ3n) is 3.30. The lowest BCUT2D eigenvalue weighted by atomic mass is 9.90. The lowest BCUT2D eigenvalue weighted by Gasteiger charge is -2.37. The van der Waals surface area contributed by atoms with Crippen molar-refractivity contribution in [3.8, 4) is 0 Å². The van der Waals surface area contributed by atoms with Gasteiger partial charge in [0.05, 0.1) is 0 Å². The van der Waals surface area contributed by atoms with Crippen LogP contribution in [-0.2, 0) is 21.5 Å². The molecule has 0 heterocycles. The second-order valence-electron chi connectivity index (χ2n) is 6.69. The average Bonchev–Trinajstić information content (AvgIpc) is 2.40. The Morgan fingerprint density at radius 3 is 1.92 bits per heavy atom. The molecule has 1 aromatic carbocycles. The van der Waals surface area contributed by atoms with Crippen LogP contribution in [-0.4, -0.2) is 24.1 Å². The predicted octanol–water partition coefficient (Wildman–Crippen LogP) is 5.91. The lowest BCUT2D eigenvalue weighted by molar-refractivity contribution is -0.377. The molecule has 0 bridgehead atoms. The summed E-state index contributed by atoms with van der Waals surface area (Å²) in [5, 5.41) is 0. The van der Waals surface area contributed by atoms with Gasteiger partial charge < -0.3 is 9.47 Å². The monoisotopic (exact) mass is 386 g/mol. The Bertz CT molecular complexity index is 615. The average molecular weight is 386 g/mol. The molecular weight excluding hydrogens is 366 g/mol. The zero-order valence-corrected chi connectivity index (χ0v) is 14.7. The van der Waals surface area contributed by atoms with Gasteiger partial charge in [0.2, 0.25) is 0 Å². The number of rotatable bonds is 4. The zero-order chi connectivity index (χ0) is 20.4. The number of hydrogen-bond acceptors (Lipinski definition) is 3. The van der Waals surface area contributed by atoms with Gasteiger partial charge in [-0.2, -0.15) is 26.3 Å². The van der Waals surface area contributed by atoms with Crippen molar-refractivity contribution in [2.75, 3.05) is 0 Å². The predicted molar refractivity (Wildman–Crippen MR) is 81.5 cm³/mol. The number of halogens is 6. The van der Waals surface area contributed by atoms with Crippen LogP contribution in [0.5, 0.6) is 0 Å². The molecule has 0 N–H and O–H groups in total. The van der Waals surface area contributed by atoms with Gasteiger partial charge >= 0.3 is 24.1 Å². The Morgan fingerprint density at radius 1 is 0.962 bits per heavy atom. The highest BCUT2D eigenvalue weighted by Gasteiger charge is 2.75. The second kappa shape index (κ2) is 7.36. The molecule has 0 aliphatic rings. The summed E-state index contributed by atoms with van der Waals surface area (Å²) in [6.07, 6.45) is -13.2. The van der Waals surface area contributed by atoms with E-state index < -0.39 is 35.3 Å². The number of hydrogen-bond donors (Lipinski definition) is 0. The highest BCUT2D eigenvalue weighted by atomic mass is 19.4.